The van der Waals surface area contributed by atoms with Crippen LogP contribution >= 0.6 is 22.9 Å². The molecule has 0 spiro atoms. The highest BCUT2D eigenvalue weighted by atomic mass is 35.5. The highest BCUT2D eigenvalue weighted by Gasteiger charge is 2.22. The highest BCUT2D eigenvalue weighted by Crippen LogP contribution is 2.39. The van der Waals surface area contributed by atoms with Gasteiger partial charge in [-0.1, -0.05) is 59.6 Å². The van der Waals surface area contributed by atoms with E-state index in [1.54, 1.807) is 17.5 Å². The second-order valence-corrected chi connectivity index (χ2v) is 10.7. The SMILES string of the molecule is COc1cc(/C=C(/C#N)C(=O)Nc2nc(-c3ccccc3)cs2)cc(Cl)c1OS(=O)(=O)c1ccc(C)cc1. The van der Waals surface area contributed by atoms with Crippen molar-refractivity contribution < 1.29 is 22.1 Å². The van der Waals surface area contributed by atoms with E-state index in [-0.39, 0.29) is 27.0 Å². The maximum atomic E-state index is 12.8. The molecule has 0 saturated heterocycles. The number of benzene rings is 3. The van der Waals surface area contributed by atoms with Gasteiger partial charge in [0, 0.05) is 10.9 Å². The van der Waals surface area contributed by atoms with Crippen LogP contribution in [0, 0.1) is 18.3 Å². The number of halogens is 1. The van der Waals surface area contributed by atoms with Crippen LogP contribution in [0.15, 0.2) is 82.6 Å². The van der Waals surface area contributed by atoms with E-state index in [0.717, 1.165) is 11.1 Å². The summed E-state index contributed by atoms with van der Waals surface area (Å²) in [6, 6.07) is 20.2. The van der Waals surface area contributed by atoms with Crippen molar-refractivity contribution in [2.75, 3.05) is 12.4 Å². The Morgan fingerprint density at radius 1 is 1.13 bits per heavy atom. The minimum atomic E-state index is -4.19. The van der Waals surface area contributed by atoms with Gasteiger partial charge in [0.25, 0.3) is 5.91 Å². The summed E-state index contributed by atoms with van der Waals surface area (Å²) >= 11 is 7.57. The van der Waals surface area contributed by atoms with Crippen LogP contribution in [0.25, 0.3) is 17.3 Å². The van der Waals surface area contributed by atoms with E-state index in [4.69, 9.17) is 20.5 Å². The minimum Gasteiger partial charge on any atom is -0.493 e. The number of ether oxygens (including phenoxy) is 1. The second kappa shape index (κ2) is 11.5. The van der Waals surface area contributed by atoms with Crippen molar-refractivity contribution in [3.05, 3.63) is 93.8 Å². The third kappa shape index (κ3) is 6.20. The molecule has 0 aliphatic rings. The normalized spacial score (nSPS) is 11.5. The van der Waals surface area contributed by atoms with Crippen LogP contribution in [0.3, 0.4) is 0 Å². The summed E-state index contributed by atoms with van der Waals surface area (Å²) in [5.41, 5.74) is 2.58. The molecular formula is C27H20ClN3O5S2. The zero-order valence-corrected chi connectivity index (χ0v) is 22.5. The average Bonchev–Trinajstić information content (AvgIpc) is 3.37. The lowest BCUT2D eigenvalue weighted by Gasteiger charge is -2.13. The van der Waals surface area contributed by atoms with E-state index in [0.29, 0.717) is 16.4 Å². The van der Waals surface area contributed by atoms with Gasteiger partial charge in [0.15, 0.2) is 10.9 Å². The van der Waals surface area contributed by atoms with E-state index < -0.39 is 16.0 Å². The largest absolute Gasteiger partial charge is 0.493 e. The predicted molar refractivity (Wildman–Crippen MR) is 147 cm³/mol. The molecule has 11 heteroatoms. The van der Waals surface area contributed by atoms with Crippen molar-refractivity contribution in [3.63, 3.8) is 0 Å². The summed E-state index contributed by atoms with van der Waals surface area (Å²) in [6.45, 7) is 1.83. The Balaban J connectivity index is 1.56. The van der Waals surface area contributed by atoms with Crippen molar-refractivity contribution in [1.29, 1.82) is 5.26 Å². The first-order chi connectivity index (χ1) is 18.2. The molecule has 0 radical (unpaired) electrons. The quantitative estimate of drug-likeness (QED) is 0.156. The Bertz CT molecular complexity index is 1660. The molecule has 1 amide bonds. The molecule has 0 saturated carbocycles. The number of aryl methyl sites for hydroxylation is 1. The molecule has 0 aliphatic heterocycles. The molecule has 1 heterocycles. The lowest BCUT2D eigenvalue weighted by molar-refractivity contribution is -0.112. The maximum Gasteiger partial charge on any atom is 0.339 e. The lowest BCUT2D eigenvalue weighted by atomic mass is 10.1. The number of aromatic nitrogens is 1. The van der Waals surface area contributed by atoms with Gasteiger partial charge in [-0.3, -0.25) is 10.1 Å². The molecule has 38 heavy (non-hydrogen) atoms. The van der Waals surface area contributed by atoms with E-state index >= 15 is 0 Å². The standard InChI is InChI=1S/C27H20ClN3O5S2/c1-17-8-10-21(11-9-17)38(33,34)36-25-22(28)13-18(14-24(25)35-2)12-20(15-29)26(32)31-27-30-23(16-37-27)19-6-4-3-5-7-19/h3-14,16H,1-2H3,(H,30,31,32)/b20-12-. The number of thiazole rings is 1. The van der Waals surface area contributed by atoms with E-state index in [1.165, 1.54) is 48.8 Å². The molecule has 0 unspecified atom stereocenters. The Labute approximate surface area is 228 Å². The molecule has 0 bridgehead atoms. The molecular weight excluding hydrogens is 546 g/mol. The van der Waals surface area contributed by atoms with Gasteiger partial charge in [-0.15, -0.1) is 11.3 Å². The van der Waals surface area contributed by atoms with Crippen molar-refractivity contribution in [3.8, 4) is 28.8 Å². The van der Waals surface area contributed by atoms with Gasteiger partial charge in [0.05, 0.1) is 17.8 Å². The van der Waals surface area contributed by atoms with Crippen molar-refractivity contribution in [2.45, 2.75) is 11.8 Å². The van der Waals surface area contributed by atoms with Gasteiger partial charge in [-0.05, 0) is 42.8 Å². The molecule has 1 aromatic heterocycles. The van der Waals surface area contributed by atoms with Crippen molar-refractivity contribution in [2.24, 2.45) is 0 Å². The summed E-state index contributed by atoms with van der Waals surface area (Å²) in [5.74, 6) is -0.880. The number of methoxy groups -OCH3 is 1. The first kappa shape index (κ1) is 26.9. The average molecular weight is 566 g/mol. The predicted octanol–water partition coefficient (Wildman–Crippen LogP) is 6.09. The molecule has 0 fully saturated rings. The van der Waals surface area contributed by atoms with Crippen LogP contribution < -0.4 is 14.2 Å². The number of amides is 1. The third-order valence-corrected chi connectivity index (χ3v) is 7.50. The summed E-state index contributed by atoms with van der Waals surface area (Å²) in [5, 5.41) is 14.3. The fraction of sp³-hybridized carbons (Fsp3) is 0.0741. The van der Waals surface area contributed by atoms with Crippen LogP contribution in [0.4, 0.5) is 5.13 Å². The monoisotopic (exact) mass is 565 g/mol. The number of anilines is 1. The number of nitrogens with one attached hydrogen (secondary N) is 1. The van der Waals surface area contributed by atoms with Crippen LogP contribution in [0.1, 0.15) is 11.1 Å². The van der Waals surface area contributed by atoms with Gasteiger partial charge in [-0.25, -0.2) is 4.98 Å². The van der Waals surface area contributed by atoms with Crippen molar-refractivity contribution >= 4 is 50.2 Å². The van der Waals surface area contributed by atoms with Crippen molar-refractivity contribution in [1.82, 2.24) is 4.98 Å². The fourth-order valence-corrected chi connectivity index (χ4v) is 5.29. The van der Waals surface area contributed by atoms with Crippen LogP contribution in [0.2, 0.25) is 5.02 Å². The zero-order valence-electron chi connectivity index (χ0n) is 20.1. The Hall–Kier alpha value is -4.17. The van der Waals surface area contributed by atoms with Gasteiger partial charge in [-0.2, -0.15) is 13.7 Å². The number of rotatable bonds is 8. The minimum absolute atomic E-state index is 0.00422. The molecule has 4 aromatic rings. The fourth-order valence-electron chi connectivity index (χ4n) is 3.32. The van der Waals surface area contributed by atoms with Gasteiger partial charge in [0.1, 0.15) is 16.5 Å². The zero-order chi connectivity index (χ0) is 27.3. The van der Waals surface area contributed by atoms with Gasteiger partial charge in [0.2, 0.25) is 5.75 Å². The first-order valence-electron chi connectivity index (χ1n) is 11.0. The number of carbonyl (C=O) groups is 1. The lowest BCUT2D eigenvalue weighted by Crippen LogP contribution is -2.13. The molecule has 8 nitrogen and oxygen atoms in total. The number of nitriles is 1. The van der Waals surface area contributed by atoms with Crippen LogP contribution in [-0.2, 0) is 14.9 Å². The van der Waals surface area contributed by atoms with Gasteiger partial charge >= 0.3 is 10.1 Å². The smallest absolute Gasteiger partial charge is 0.339 e. The highest BCUT2D eigenvalue weighted by molar-refractivity contribution is 7.87. The summed E-state index contributed by atoms with van der Waals surface area (Å²) in [6.07, 6.45) is 1.30. The maximum absolute atomic E-state index is 12.8. The molecule has 192 valence electrons. The Morgan fingerprint density at radius 3 is 2.50 bits per heavy atom. The van der Waals surface area contributed by atoms with Crippen LogP contribution in [0.5, 0.6) is 11.5 Å². The number of carbonyl (C=O) groups excluding carboxylic acids is 1. The number of nitrogens with zero attached hydrogens (tertiary/aromatic N) is 2. The molecule has 0 atom stereocenters. The van der Waals surface area contributed by atoms with E-state index in [2.05, 4.69) is 10.3 Å². The number of hydrogen-bond donors (Lipinski definition) is 1. The van der Waals surface area contributed by atoms with Gasteiger partial charge < -0.3 is 8.92 Å². The Morgan fingerprint density at radius 2 is 1.84 bits per heavy atom. The summed E-state index contributed by atoms with van der Waals surface area (Å²) in [4.78, 5) is 17.1. The van der Waals surface area contributed by atoms with E-state index in [9.17, 15) is 18.5 Å². The van der Waals surface area contributed by atoms with E-state index in [1.807, 2.05) is 43.3 Å². The summed E-state index contributed by atoms with van der Waals surface area (Å²) in [7, 11) is -2.88. The molecule has 0 aliphatic carbocycles. The molecule has 1 N–H and O–H groups in total. The topological polar surface area (TPSA) is 118 Å². The number of hydrogen-bond acceptors (Lipinski definition) is 8. The van der Waals surface area contributed by atoms with Crippen LogP contribution in [-0.4, -0.2) is 26.4 Å². The Kier molecular flexibility index (Phi) is 8.12. The third-order valence-electron chi connectivity index (χ3n) is 5.22. The second-order valence-electron chi connectivity index (χ2n) is 7.91. The molecule has 4 rings (SSSR count). The summed E-state index contributed by atoms with van der Waals surface area (Å²) < 4.78 is 36.1. The molecule has 3 aromatic carbocycles. The first-order valence-corrected chi connectivity index (χ1v) is 13.7.